The number of carbonyl (C=O) groups is 1. The van der Waals surface area contributed by atoms with Crippen LogP contribution in [-0.4, -0.2) is 36.6 Å². The number of ether oxygens (including phenoxy) is 1. The molecule has 1 aliphatic heterocycles. The van der Waals surface area contributed by atoms with Crippen LogP contribution in [-0.2, 0) is 14.0 Å². The first kappa shape index (κ1) is 20.8. The molecule has 1 N–H and O–H groups in total. The van der Waals surface area contributed by atoms with Crippen molar-refractivity contribution < 1.29 is 18.8 Å². The predicted molar refractivity (Wildman–Crippen MR) is 105 cm³/mol. The summed E-state index contributed by atoms with van der Waals surface area (Å²) in [5.74, 6) is 0.176. The van der Waals surface area contributed by atoms with Crippen LogP contribution >= 0.6 is 0 Å². The Morgan fingerprint density at radius 2 is 1.62 bits per heavy atom. The number of amides is 1. The average molecular weight is 361 g/mol. The molecule has 0 spiro atoms. The number of hydrogen-bond acceptors (Lipinski definition) is 4. The van der Waals surface area contributed by atoms with Crippen molar-refractivity contribution in [3.63, 3.8) is 0 Å². The second-order valence-corrected chi connectivity index (χ2v) is 9.04. The molecule has 144 valence electrons. The van der Waals surface area contributed by atoms with Crippen molar-refractivity contribution in [1.29, 1.82) is 0 Å². The van der Waals surface area contributed by atoms with Crippen LogP contribution in [0.2, 0.25) is 0 Å². The summed E-state index contributed by atoms with van der Waals surface area (Å²) >= 11 is 0. The van der Waals surface area contributed by atoms with Crippen molar-refractivity contribution in [2.24, 2.45) is 0 Å². The molecule has 0 unspecified atom stereocenters. The highest BCUT2D eigenvalue weighted by molar-refractivity contribution is 6.62. The average Bonchev–Trinajstić information content (AvgIpc) is 2.71. The molecule has 1 aliphatic rings. The lowest BCUT2D eigenvalue weighted by Crippen LogP contribution is -2.41. The first-order valence-corrected chi connectivity index (χ1v) is 9.23. The van der Waals surface area contributed by atoms with Gasteiger partial charge in [0.1, 0.15) is 5.60 Å². The minimum absolute atomic E-state index is 0.176. The molecule has 1 heterocycles. The van der Waals surface area contributed by atoms with E-state index < -0.39 is 11.7 Å². The molecule has 0 aliphatic carbocycles. The van der Waals surface area contributed by atoms with E-state index in [1.165, 1.54) is 0 Å². The summed E-state index contributed by atoms with van der Waals surface area (Å²) in [6.07, 6.45) is -0.391. The summed E-state index contributed by atoms with van der Waals surface area (Å²) in [7, 11) is -0.357. The lowest BCUT2D eigenvalue weighted by molar-refractivity contribution is 0.00578. The van der Waals surface area contributed by atoms with Gasteiger partial charge in [-0.1, -0.05) is 31.2 Å². The van der Waals surface area contributed by atoms with E-state index in [4.69, 9.17) is 14.0 Å². The fraction of sp³-hybridized carbons (Fsp3) is 0.650. The van der Waals surface area contributed by atoms with Crippen LogP contribution in [0.25, 0.3) is 0 Å². The van der Waals surface area contributed by atoms with Gasteiger partial charge in [-0.3, -0.25) is 0 Å². The molecule has 0 saturated carbocycles. The van der Waals surface area contributed by atoms with E-state index in [-0.39, 0.29) is 24.2 Å². The highest BCUT2D eigenvalue weighted by Gasteiger charge is 2.51. The van der Waals surface area contributed by atoms with Crippen molar-refractivity contribution in [3.8, 4) is 0 Å². The van der Waals surface area contributed by atoms with E-state index in [2.05, 4.69) is 24.4 Å². The van der Waals surface area contributed by atoms with Crippen molar-refractivity contribution in [2.45, 2.75) is 78.1 Å². The SMILES string of the molecule is C[C@H](CNC(=O)OC(C)(C)C)c1ccc(B2OC(C)(C)C(C)(C)O2)cc1. The molecular weight excluding hydrogens is 329 g/mol. The topological polar surface area (TPSA) is 56.8 Å². The zero-order valence-corrected chi connectivity index (χ0v) is 17.3. The molecule has 26 heavy (non-hydrogen) atoms. The Kier molecular flexibility index (Phi) is 5.79. The van der Waals surface area contributed by atoms with Crippen molar-refractivity contribution in [1.82, 2.24) is 5.32 Å². The molecule has 2 rings (SSSR count). The molecule has 1 aromatic rings. The number of alkyl carbamates (subject to hydrolysis) is 1. The van der Waals surface area contributed by atoms with Gasteiger partial charge in [0, 0.05) is 6.54 Å². The molecule has 1 fully saturated rings. The third-order valence-electron chi connectivity index (χ3n) is 4.98. The van der Waals surface area contributed by atoms with Gasteiger partial charge in [0.05, 0.1) is 11.2 Å². The summed E-state index contributed by atoms with van der Waals surface area (Å²) < 4.78 is 17.4. The van der Waals surface area contributed by atoms with Crippen LogP contribution in [0.5, 0.6) is 0 Å². The Balaban J connectivity index is 1.94. The van der Waals surface area contributed by atoms with E-state index in [0.717, 1.165) is 11.0 Å². The zero-order valence-electron chi connectivity index (χ0n) is 17.3. The molecule has 5 nitrogen and oxygen atoms in total. The minimum atomic E-state index is -0.488. The van der Waals surface area contributed by atoms with Crippen molar-refractivity contribution in [2.75, 3.05) is 6.54 Å². The quantitative estimate of drug-likeness (QED) is 0.833. The maximum atomic E-state index is 11.8. The predicted octanol–water partition coefficient (Wildman–Crippen LogP) is 3.61. The molecule has 1 aromatic carbocycles. The molecule has 1 atom stereocenters. The number of benzene rings is 1. The van der Waals surface area contributed by atoms with Gasteiger partial charge in [-0.25, -0.2) is 4.79 Å². The van der Waals surface area contributed by atoms with E-state index in [1.54, 1.807) is 0 Å². The first-order chi connectivity index (χ1) is 11.8. The maximum Gasteiger partial charge on any atom is 0.494 e. The van der Waals surface area contributed by atoms with E-state index >= 15 is 0 Å². The van der Waals surface area contributed by atoms with Crippen LogP contribution < -0.4 is 10.8 Å². The smallest absolute Gasteiger partial charge is 0.444 e. The summed E-state index contributed by atoms with van der Waals surface area (Å²) in [5.41, 5.74) is 0.959. The van der Waals surface area contributed by atoms with Crippen molar-refractivity contribution >= 4 is 18.7 Å². The monoisotopic (exact) mass is 361 g/mol. The fourth-order valence-electron chi connectivity index (χ4n) is 2.63. The molecule has 0 bridgehead atoms. The van der Waals surface area contributed by atoms with Crippen molar-refractivity contribution in [3.05, 3.63) is 29.8 Å². The first-order valence-electron chi connectivity index (χ1n) is 9.23. The van der Waals surface area contributed by atoms with Crippen LogP contribution in [0.15, 0.2) is 24.3 Å². The number of hydrogen-bond donors (Lipinski definition) is 1. The third-order valence-corrected chi connectivity index (χ3v) is 4.98. The Morgan fingerprint density at radius 1 is 1.12 bits per heavy atom. The van der Waals surface area contributed by atoms with Crippen LogP contribution in [0.4, 0.5) is 4.79 Å². The zero-order chi connectivity index (χ0) is 19.8. The highest BCUT2D eigenvalue weighted by atomic mass is 16.7. The van der Waals surface area contributed by atoms with Crippen LogP contribution in [0.1, 0.15) is 66.9 Å². The Labute approximate surface area is 157 Å². The molecule has 0 radical (unpaired) electrons. The molecule has 1 amide bonds. The lowest BCUT2D eigenvalue weighted by atomic mass is 9.78. The van der Waals surface area contributed by atoms with Crippen LogP contribution in [0.3, 0.4) is 0 Å². The standard InChI is InChI=1S/C20H32BNO4/c1-14(13-22-17(23)24-18(2,3)4)15-9-11-16(12-10-15)21-25-19(5,6)20(7,8)26-21/h9-12,14H,13H2,1-8H3,(H,22,23)/t14-/m1/s1. The van der Waals surface area contributed by atoms with E-state index in [0.29, 0.717) is 6.54 Å². The van der Waals surface area contributed by atoms with Gasteiger partial charge in [0.25, 0.3) is 0 Å². The summed E-state index contributed by atoms with van der Waals surface area (Å²) in [6, 6.07) is 8.17. The summed E-state index contributed by atoms with van der Waals surface area (Å²) in [6.45, 7) is 16.3. The van der Waals surface area contributed by atoms with Gasteiger partial charge in [-0.15, -0.1) is 0 Å². The second kappa shape index (κ2) is 7.24. The number of carbonyl (C=O) groups excluding carboxylic acids is 1. The Bertz CT molecular complexity index is 618. The third kappa shape index (κ3) is 5.01. The summed E-state index contributed by atoms with van der Waals surface area (Å²) in [5, 5.41) is 2.82. The summed E-state index contributed by atoms with van der Waals surface area (Å²) in [4.78, 5) is 11.8. The Morgan fingerprint density at radius 3 is 2.08 bits per heavy atom. The van der Waals surface area contributed by atoms with E-state index in [1.807, 2.05) is 60.6 Å². The Hall–Kier alpha value is -1.53. The fourth-order valence-corrected chi connectivity index (χ4v) is 2.63. The van der Waals surface area contributed by atoms with Gasteiger partial charge in [0.2, 0.25) is 0 Å². The molecule has 6 heteroatoms. The molecule has 1 saturated heterocycles. The van der Waals surface area contributed by atoms with Gasteiger partial charge < -0.3 is 19.4 Å². The van der Waals surface area contributed by atoms with Gasteiger partial charge >= 0.3 is 13.2 Å². The number of nitrogens with one attached hydrogen (secondary N) is 1. The van der Waals surface area contributed by atoms with Gasteiger partial charge in [0.15, 0.2) is 0 Å². The minimum Gasteiger partial charge on any atom is -0.444 e. The highest BCUT2D eigenvalue weighted by Crippen LogP contribution is 2.36. The van der Waals surface area contributed by atoms with E-state index in [9.17, 15) is 4.79 Å². The maximum absolute atomic E-state index is 11.8. The molecule has 0 aromatic heterocycles. The lowest BCUT2D eigenvalue weighted by Gasteiger charge is -2.32. The largest absolute Gasteiger partial charge is 0.494 e. The normalized spacial score (nSPS) is 19.9. The number of rotatable bonds is 4. The second-order valence-electron chi connectivity index (χ2n) is 9.04. The van der Waals surface area contributed by atoms with Gasteiger partial charge in [-0.2, -0.15) is 0 Å². The van der Waals surface area contributed by atoms with Crippen LogP contribution in [0, 0.1) is 0 Å². The molecular formula is C20H32BNO4. The van der Waals surface area contributed by atoms with Gasteiger partial charge in [-0.05, 0) is 65.4 Å².